The number of rotatable bonds is 3. The number of para-hydroxylation sites is 2. The maximum absolute atomic E-state index is 5.33. The van der Waals surface area contributed by atoms with Gasteiger partial charge in [0.25, 0.3) is 0 Å². The third-order valence-electron chi connectivity index (χ3n) is 8.26. The number of allylic oxidation sites excluding steroid dienone is 4. The molecule has 41 heavy (non-hydrogen) atoms. The lowest BCUT2D eigenvalue weighted by Crippen LogP contribution is -2.10. The fourth-order valence-corrected chi connectivity index (χ4v) is 6.11. The molecule has 194 valence electrons. The summed E-state index contributed by atoms with van der Waals surface area (Å²) in [6.45, 7) is 2.25. The van der Waals surface area contributed by atoms with Gasteiger partial charge in [0.05, 0.1) is 22.1 Å². The monoisotopic (exact) mass is 526 g/mol. The van der Waals surface area contributed by atoms with E-state index in [-0.39, 0.29) is 5.92 Å². The fraction of sp³-hybridized carbons (Fsp3) is 0.0811. The van der Waals surface area contributed by atoms with Crippen LogP contribution in [0.4, 0.5) is 0 Å². The van der Waals surface area contributed by atoms with Crippen molar-refractivity contribution in [1.82, 2.24) is 19.9 Å². The maximum Gasteiger partial charge on any atom is 0.0974 e. The third kappa shape index (κ3) is 3.99. The van der Waals surface area contributed by atoms with E-state index < -0.39 is 0 Å². The first-order chi connectivity index (χ1) is 20.2. The molecule has 0 aliphatic heterocycles. The standard InChI is InChI=1S/C37H26N4/c1-23-8-2-5-11-28(23)35-20-32(27-19-25-10-4-7-13-34(25)40-22-27)31-15-14-30-29(16-17-38-36(30)37(31)41-35)26-18-24-9-3-6-12-33(24)39-21-26/h2-23,28H,1H3. The van der Waals surface area contributed by atoms with Gasteiger partial charge in [0.2, 0.25) is 0 Å². The number of aromatic nitrogens is 4. The number of nitrogens with zero attached hydrogens (tertiary/aromatic N) is 4. The Hall–Kier alpha value is -5.22. The Kier molecular flexibility index (Phi) is 5.46. The van der Waals surface area contributed by atoms with Gasteiger partial charge in [0.15, 0.2) is 0 Å². The minimum atomic E-state index is 0.180. The summed E-state index contributed by atoms with van der Waals surface area (Å²) in [5.74, 6) is 0.523. The summed E-state index contributed by atoms with van der Waals surface area (Å²) in [6, 6.07) is 29.6. The summed E-state index contributed by atoms with van der Waals surface area (Å²) in [5.41, 5.74) is 9.20. The average Bonchev–Trinajstić information content (AvgIpc) is 3.03. The van der Waals surface area contributed by atoms with Crippen molar-refractivity contribution in [2.45, 2.75) is 12.8 Å². The fourth-order valence-electron chi connectivity index (χ4n) is 6.11. The SMILES string of the molecule is CC1C=CC=CC1c1cc(-c2cnc3ccccc3c2)c2ccc3c(-c4cnc5ccccc5c4)ccnc3c2n1. The summed E-state index contributed by atoms with van der Waals surface area (Å²) in [4.78, 5) is 19.8. The molecule has 4 heteroatoms. The summed E-state index contributed by atoms with van der Waals surface area (Å²) >= 11 is 0. The van der Waals surface area contributed by atoms with Crippen LogP contribution in [0.15, 0.2) is 128 Å². The Morgan fingerprint density at radius 3 is 1.93 bits per heavy atom. The summed E-state index contributed by atoms with van der Waals surface area (Å²) in [6.07, 6.45) is 14.6. The zero-order valence-electron chi connectivity index (χ0n) is 22.6. The number of fused-ring (bicyclic) bond motifs is 5. The lowest BCUT2D eigenvalue weighted by molar-refractivity contribution is 0.622. The first kappa shape index (κ1) is 23.6. The van der Waals surface area contributed by atoms with E-state index in [0.717, 1.165) is 71.6 Å². The lowest BCUT2D eigenvalue weighted by Gasteiger charge is -2.22. The second-order valence-corrected chi connectivity index (χ2v) is 10.8. The molecular formula is C37H26N4. The molecule has 0 bridgehead atoms. The van der Waals surface area contributed by atoms with Crippen LogP contribution in [0.3, 0.4) is 0 Å². The van der Waals surface area contributed by atoms with Crippen LogP contribution in [0.25, 0.3) is 65.9 Å². The van der Waals surface area contributed by atoms with Crippen LogP contribution in [0.2, 0.25) is 0 Å². The molecular weight excluding hydrogens is 500 g/mol. The van der Waals surface area contributed by atoms with Crippen LogP contribution in [0.5, 0.6) is 0 Å². The molecule has 1 aliphatic carbocycles. The molecule has 0 radical (unpaired) electrons. The van der Waals surface area contributed by atoms with Crippen LogP contribution < -0.4 is 0 Å². The topological polar surface area (TPSA) is 51.6 Å². The van der Waals surface area contributed by atoms with E-state index in [2.05, 4.69) is 98.0 Å². The highest BCUT2D eigenvalue weighted by Gasteiger charge is 2.22. The van der Waals surface area contributed by atoms with Crippen LogP contribution >= 0.6 is 0 Å². The molecule has 0 saturated heterocycles. The third-order valence-corrected chi connectivity index (χ3v) is 8.26. The molecule has 0 fully saturated rings. The molecule has 4 nitrogen and oxygen atoms in total. The Morgan fingerprint density at radius 1 is 0.585 bits per heavy atom. The highest BCUT2D eigenvalue weighted by Crippen LogP contribution is 2.39. The Bertz CT molecular complexity index is 2190. The van der Waals surface area contributed by atoms with E-state index in [4.69, 9.17) is 19.9 Å². The molecule has 8 rings (SSSR count). The van der Waals surface area contributed by atoms with E-state index in [1.807, 2.05) is 36.8 Å². The molecule has 3 aromatic carbocycles. The molecule has 7 aromatic rings. The van der Waals surface area contributed by atoms with Gasteiger partial charge in [-0.3, -0.25) is 15.0 Å². The van der Waals surface area contributed by atoms with E-state index in [1.165, 1.54) is 0 Å². The maximum atomic E-state index is 5.33. The van der Waals surface area contributed by atoms with Crippen molar-refractivity contribution in [3.05, 3.63) is 134 Å². The molecule has 2 unspecified atom stereocenters. The second-order valence-electron chi connectivity index (χ2n) is 10.8. The van der Waals surface area contributed by atoms with Crippen LogP contribution in [0.1, 0.15) is 18.5 Å². The lowest BCUT2D eigenvalue weighted by atomic mass is 9.85. The smallest absolute Gasteiger partial charge is 0.0974 e. The van der Waals surface area contributed by atoms with Gasteiger partial charge in [-0.25, -0.2) is 4.98 Å². The predicted octanol–water partition coefficient (Wildman–Crippen LogP) is 9.06. The van der Waals surface area contributed by atoms with E-state index in [1.54, 1.807) is 0 Å². The van der Waals surface area contributed by atoms with Crippen molar-refractivity contribution < 1.29 is 0 Å². The Labute approximate surface area is 237 Å². The van der Waals surface area contributed by atoms with Crippen molar-refractivity contribution in [3.8, 4) is 22.3 Å². The van der Waals surface area contributed by atoms with Crippen LogP contribution in [-0.2, 0) is 0 Å². The normalized spacial score (nSPS) is 16.7. The van der Waals surface area contributed by atoms with Gasteiger partial charge in [-0.05, 0) is 53.4 Å². The number of hydrogen-bond donors (Lipinski definition) is 0. The van der Waals surface area contributed by atoms with E-state index in [0.29, 0.717) is 5.92 Å². The van der Waals surface area contributed by atoms with Crippen LogP contribution in [-0.4, -0.2) is 19.9 Å². The number of hydrogen-bond acceptors (Lipinski definition) is 4. The molecule has 4 heterocycles. The summed E-state index contributed by atoms with van der Waals surface area (Å²) < 4.78 is 0. The minimum Gasteiger partial charge on any atom is -0.256 e. The zero-order chi connectivity index (χ0) is 27.3. The molecule has 2 atom stereocenters. The van der Waals surface area contributed by atoms with Crippen molar-refractivity contribution in [3.63, 3.8) is 0 Å². The van der Waals surface area contributed by atoms with Gasteiger partial charge in [0, 0.05) is 62.9 Å². The summed E-state index contributed by atoms with van der Waals surface area (Å²) in [7, 11) is 0. The van der Waals surface area contributed by atoms with E-state index >= 15 is 0 Å². The first-order valence-electron chi connectivity index (χ1n) is 14.0. The zero-order valence-corrected chi connectivity index (χ0v) is 22.6. The molecule has 0 amide bonds. The molecule has 0 saturated carbocycles. The van der Waals surface area contributed by atoms with Crippen molar-refractivity contribution in [2.75, 3.05) is 0 Å². The quantitative estimate of drug-likeness (QED) is 0.216. The van der Waals surface area contributed by atoms with Gasteiger partial charge in [0.1, 0.15) is 0 Å². The van der Waals surface area contributed by atoms with Gasteiger partial charge in [-0.2, -0.15) is 0 Å². The minimum absolute atomic E-state index is 0.180. The highest BCUT2D eigenvalue weighted by molar-refractivity contribution is 6.12. The summed E-state index contributed by atoms with van der Waals surface area (Å²) in [5, 5.41) is 4.38. The molecule has 0 spiro atoms. The predicted molar refractivity (Wildman–Crippen MR) is 169 cm³/mol. The number of pyridine rings is 4. The van der Waals surface area contributed by atoms with Crippen LogP contribution in [0, 0.1) is 5.92 Å². The van der Waals surface area contributed by atoms with Crippen molar-refractivity contribution in [1.29, 1.82) is 0 Å². The van der Waals surface area contributed by atoms with Crippen molar-refractivity contribution in [2.24, 2.45) is 5.92 Å². The van der Waals surface area contributed by atoms with Gasteiger partial charge in [-0.1, -0.05) is 79.8 Å². The van der Waals surface area contributed by atoms with Gasteiger partial charge < -0.3 is 0 Å². The second kappa shape index (κ2) is 9.46. The van der Waals surface area contributed by atoms with Crippen molar-refractivity contribution >= 4 is 43.6 Å². The van der Waals surface area contributed by atoms with E-state index in [9.17, 15) is 0 Å². The highest BCUT2D eigenvalue weighted by atomic mass is 14.8. The Morgan fingerprint density at radius 2 is 1.22 bits per heavy atom. The Balaban J connectivity index is 1.40. The molecule has 0 N–H and O–H groups in total. The van der Waals surface area contributed by atoms with Gasteiger partial charge >= 0.3 is 0 Å². The molecule has 4 aromatic heterocycles. The molecule has 1 aliphatic rings. The largest absolute Gasteiger partial charge is 0.256 e. The average molecular weight is 527 g/mol. The van der Waals surface area contributed by atoms with Gasteiger partial charge in [-0.15, -0.1) is 0 Å². The first-order valence-corrected chi connectivity index (χ1v) is 14.0. The number of benzene rings is 3.